The average molecular weight is 1920 g/mol. The third kappa shape index (κ3) is 39.4. The zero-order chi connectivity index (χ0) is 69.5. The molecule has 6 aromatic carbocycles. The van der Waals surface area contributed by atoms with E-state index >= 15 is 0 Å². The van der Waals surface area contributed by atoms with Crippen LogP contribution in [-0.2, 0) is 179 Å². The monoisotopic (exact) mass is 1910 g/mol. The molecule has 0 aliphatic heterocycles. The van der Waals surface area contributed by atoms with Crippen LogP contribution in [0.1, 0.15) is 188 Å². The molecule has 0 radical (unpaired) electrons. The van der Waals surface area contributed by atoms with Crippen molar-refractivity contribution in [1.29, 1.82) is 0 Å². The molecule has 6 aromatic rings. The van der Waals surface area contributed by atoms with E-state index < -0.39 is 208 Å². The first-order valence-corrected chi connectivity index (χ1v) is 22.3. The van der Waals surface area contributed by atoms with Gasteiger partial charge in [0.1, 0.15) is 0 Å². The maximum atomic E-state index is 10.5. The van der Waals surface area contributed by atoms with E-state index in [9.17, 15) is 178 Å². The Bertz CT molecular complexity index is 3400. The van der Waals surface area contributed by atoms with Crippen molar-refractivity contribution in [3.8, 4) is 0 Å². The zero-order valence-electron chi connectivity index (χ0n) is 50.5. The SMILES string of the molecule is O=C([O-])c1ccc(C(=O)[O-])c(C(=O)[O-])c1.O=C([O-])c1ccc(C(=O)[O-])c(C(=O)[O-])c1.O=C([O-])c1ccc(C(=O)[O-])c(C(=O)[O-])c1.O=C([O-])c1ccc(C(=O)[O-])c(C(=O)[O-])c1.O=C([O-])c1ccc(C(=O)[O-])c(C(=O)[O-])c1.O=C([O-])c1ccc(C(=O)[O-])c(C(=O)[O-])c1.[H+].[O-2].[O-2].[O-2].[O-2].[OH-].[OH-].[OH-].[OH-].[Zr+4].[Zr+4].[Zr+4].[Zr+4].[Zr+4].[Zr+4]. The predicted octanol–water partition coefficient (Wildman–Crippen LogP) is -20.4. The summed E-state index contributed by atoms with van der Waals surface area (Å²) in [6.07, 6.45) is 0. The number of carboxylic acids is 18. The fourth-order valence-corrected chi connectivity index (χ4v) is 6.11. The Morgan fingerprint density at radius 1 is 0.154 bits per heavy atom. The minimum atomic E-state index is -1.79. The number of rotatable bonds is 18. The first-order valence-electron chi connectivity index (χ1n) is 22.3. The minimum absolute atomic E-state index is 0. The molecule has 0 bridgehead atoms. The third-order valence-corrected chi connectivity index (χ3v) is 10.2. The Balaban J connectivity index is -0.0000000692. The molecule has 532 valence electrons. The molecule has 0 aliphatic rings. The summed E-state index contributed by atoms with van der Waals surface area (Å²) in [5.74, 6) is -30.8. The maximum absolute atomic E-state index is 10.5. The second-order valence-electron chi connectivity index (χ2n) is 15.7. The van der Waals surface area contributed by atoms with Gasteiger partial charge in [-0.2, -0.15) is 0 Å². The van der Waals surface area contributed by atoms with Crippen LogP contribution in [-0.4, -0.2) is 129 Å². The van der Waals surface area contributed by atoms with Crippen LogP contribution < -0.4 is 91.9 Å². The van der Waals surface area contributed by atoms with Crippen LogP contribution in [0.2, 0.25) is 0 Å². The molecule has 0 heterocycles. The molecule has 0 unspecified atom stereocenters. The maximum Gasteiger partial charge on any atom is 4.00 e. The number of carbonyl (C=O) groups excluding carboxylic acids is 18. The summed E-state index contributed by atoms with van der Waals surface area (Å²) < 4.78 is 0. The van der Waals surface area contributed by atoms with Gasteiger partial charge < -0.3 is 222 Å². The summed E-state index contributed by atoms with van der Waals surface area (Å²) in [5.41, 5.74) is -11.0. The fraction of sp³-hybridized carbons (Fsp3) is 0. The molecule has 0 atom stereocenters. The molecule has 0 saturated heterocycles. The van der Waals surface area contributed by atoms with Crippen LogP contribution in [0, 0.1) is 0 Å². The molecule has 4 N–H and O–H groups in total. The first kappa shape index (κ1) is 128. The van der Waals surface area contributed by atoms with E-state index in [0.29, 0.717) is 36.4 Å². The molecule has 0 spiro atoms. The Hall–Kier alpha value is -9.24. The molecule has 0 fully saturated rings. The van der Waals surface area contributed by atoms with Gasteiger partial charge in [0.15, 0.2) is 0 Å². The van der Waals surface area contributed by atoms with Gasteiger partial charge in [-0.25, -0.2) is 0 Å². The van der Waals surface area contributed by atoms with Gasteiger partial charge in [0, 0.05) is 66.8 Å². The number of aromatic carboxylic acids is 18. The molecule has 6 rings (SSSR count). The smallest absolute Gasteiger partial charge is 2.00 e. The quantitative estimate of drug-likeness (QED) is 0.0771. The Morgan fingerprint density at radius 2 is 0.231 bits per heavy atom. The summed E-state index contributed by atoms with van der Waals surface area (Å²) in [7, 11) is 0. The van der Waals surface area contributed by atoms with Crippen LogP contribution in [0.5, 0.6) is 0 Å². The molecule has 0 amide bonds. The second kappa shape index (κ2) is 59.2. The van der Waals surface area contributed by atoms with Gasteiger partial charge in [0.25, 0.3) is 0 Å². The summed E-state index contributed by atoms with van der Waals surface area (Å²) in [4.78, 5) is 188. The van der Waals surface area contributed by atoms with E-state index in [-0.39, 0.29) is 202 Å². The second-order valence-corrected chi connectivity index (χ2v) is 15.7. The van der Waals surface area contributed by atoms with Crippen LogP contribution >= 0.6 is 0 Å². The third-order valence-electron chi connectivity index (χ3n) is 10.2. The number of benzene rings is 6. The van der Waals surface area contributed by atoms with Gasteiger partial charge in [-0.15, -0.1) is 0 Å². The van der Waals surface area contributed by atoms with Gasteiger partial charge in [-0.1, -0.05) is 72.8 Å². The average Bonchev–Trinajstić information content (AvgIpc) is 0.882. The van der Waals surface area contributed by atoms with Crippen molar-refractivity contribution in [3.63, 3.8) is 0 Å². The van der Waals surface area contributed by atoms with E-state index in [1.165, 1.54) is 0 Å². The summed E-state index contributed by atoms with van der Waals surface area (Å²) >= 11 is 0. The molecule has 0 aromatic heterocycles. The van der Waals surface area contributed by atoms with Gasteiger partial charge in [-0.3, -0.25) is 0 Å². The zero-order valence-corrected chi connectivity index (χ0v) is 64.3. The standard InChI is InChI=1S/6C9H6O6.4H2O.4O.6Zr/c6*10-7(11)4-1-2-5(8(12)13)6(3-4)9(14)15;;;;;;;;;;;;;;/h6*1-3H,(H,10,11)(H,12,13)(H,14,15);4*1H2;;;;;;;;;;/q;;;;;;;;;;4*-2;6*+4/p-21. The summed E-state index contributed by atoms with van der Waals surface area (Å²) in [6, 6.07) is 14.2. The van der Waals surface area contributed by atoms with Crippen LogP contribution in [0.15, 0.2) is 109 Å². The van der Waals surface area contributed by atoms with Gasteiger partial charge >= 0.3 is 159 Å². The summed E-state index contributed by atoms with van der Waals surface area (Å²) in [5, 5.41) is 188. The fourth-order valence-electron chi connectivity index (χ4n) is 6.11. The normalized spacial score (nSPS) is 8.31. The number of carbonyl (C=O) groups is 18. The van der Waals surface area contributed by atoms with Crippen LogP contribution in [0.4, 0.5) is 0 Å². The molecule has 0 saturated carbocycles. The van der Waals surface area contributed by atoms with E-state index in [4.69, 9.17) is 0 Å². The number of carboxylic acid groups (broad SMARTS) is 18. The largest absolute Gasteiger partial charge is 4.00 e. The Labute approximate surface area is 690 Å². The summed E-state index contributed by atoms with van der Waals surface area (Å²) in [6.45, 7) is 0. The van der Waals surface area contributed by atoms with Crippen molar-refractivity contribution in [2.45, 2.75) is 0 Å². The molecular formula is C54H23O44Zr6-5. The van der Waals surface area contributed by atoms with E-state index in [0.717, 1.165) is 72.8 Å². The van der Waals surface area contributed by atoms with Crippen molar-refractivity contribution in [2.75, 3.05) is 0 Å². The van der Waals surface area contributed by atoms with Gasteiger partial charge in [0.05, 0.1) is 107 Å². The molecule has 104 heavy (non-hydrogen) atoms. The van der Waals surface area contributed by atoms with E-state index in [1.54, 1.807) is 0 Å². The van der Waals surface area contributed by atoms with Crippen LogP contribution in [0.3, 0.4) is 0 Å². The Kier molecular flexibility index (Phi) is 72.7. The van der Waals surface area contributed by atoms with Gasteiger partial charge in [0.2, 0.25) is 0 Å². The van der Waals surface area contributed by atoms with Crippen LogP contribution in [0.25, 0.3) is 0 Å². The van der Waals surface area contributed by atoms with E-state index in [1.807, 2.05) is 0 Å². The predicted molar refractivity (Wildman–Crippen MR) is 248 cm³/mol. The van der Waals surface area contributed by atoms with Crippen molar-refractivity contribution < 1.29 is 381 Å². The topological polar surface area (TPSA) is 956 Å². The number of hydrogen-bond donors (Lipinski definition) is 0. The number of hydrogen-bond acceptors (Lipinski definition) is 40. The van der Waals surface area contributed by atoms with Crippen molar-refractivity contribution in [2.24, 2.45) is 0 Å². The molecular weight excluding hydrogens is 1900 g/mol. The first-order chi connectivity index (χ1) is 41.6. The van der Waals surface area contributed by atoms with Crippen molar-refractivity contribution >= 4 is 107 Å². The van der Waals surface area contributed by atoms with Crippen molar-refractivity contribution in [3.05, 3.63) is 209 Å². The minimum Gasteiger partial charge on any atom is -2.00 e. The molecule has 0 aliphatic carbocycles. The van der Waals surface area contributed by atoms with Crippen molar-refractivity contribution in [1.82, 2.24) is 0 Å². The molecule has 44 nitrogen and oxygen atoms in total. The van der Waals surface area contributed by atoms with Gasteiger partial charge in [-0.05, 0) is 69.8 Å². The Morgan fingerprint density at radius 3 is 0.288 bits per heavy atom. The molecule has 50 heteroatoms. The van der Waals surface area contributed by atoms with E-state index in [2.05, 4.69) is 0 Å².